The first-order valence-corrected chi connectivity index (χ1v) is 5.72. The number of rotatable bonds is 4. The van der Waals surface area contributed by atoms with Gasteiger partial charge < -0.3 is 4.74 Å². The Balaban J connectivity index is 3.13. The quantitative estimate of drug-likeness (QED) is 0.610. The van der Waals surface area contributed by atoms with Gasteiger partial charge in [0.25, 0.3) is 10.0 Å². The van der Waals surface area contributed by atoms with E-state index in [9.17, 15) is 13.2 Å². The lowest BCUT2D eigenvalue weighted by atomic mass is 10.2. The zero-order valence-corrected chi connectivity index (χ0v) is 9.58. The molecule has 6 nitrogen and oxygen atoms in total. The van der Waals surface area contributed by atoms with Crippen LogP contribution in [0.4, 0.5) is 0 Å². The third-order valence-electron chi connectivity index (χ3n) is 1.76. The van der Waals surface area contributed by atoms with Gasteiger partial charge in [-0.05, 0) is 18.2 Å². The molecule has 1 aromatic rings. The van der Waals surface area contributed by atoms with Crippen LogP contribution >= 0.6 is 0 Å². The standard InChI is InChI=1S/C9H11NO5S/c1-14-9(11)7-4-3-5-8(6-7)16(12,13)10-15-2/h3-6,10H,1-2H3. The maximum absolute atomic E-state index is 11.5. The summed E-state index contributed by atoms with van der Waals surface area (Å²) in [6, 6.07) is 5.44. The molecule has 0 heterocycles. The number of benzene rings is 1. The zero-order valence-electron chi connectivity index (χ0n) is 8.76. The predicted octanol–water partition coefficient (Wildman–Crippen LogP) is 0.313. The summed E-state index contributed by atoms with van der Waals surface area (Å²) < 4.78 is 27.5. The van der Waals surface area contributed by atoms with Gasteiger partial charge in [-0.25, -0.2) is 13.2 Å². The van der Waals surface area contributed by atoms with Gasteiger partial charge in [0.05, 0.1) is 24.7 Å². The van der Waals surface area contributed by atoms with Crippen molar-refractivity contribution in [3.8, 4) is 0 Å². The highest BCUT2D eigenvalue weighted by atomic mass is 32.2. The normalized spacial score (nSPS) is 11.1. The summed E-state index contributed by atoms with van der Waals surface area (Å²) in [5.41, 5.74) is 0.154. The Morgan fingerprint density at radius 3 is 2.56 bits per heavy atom. The Morgan fingerprint density at radius 1 is 1.31 bits per heavy atom. The number of hydrogen-bond donors (Lipinski definition) is 1. The van der Waals surface area contributed by atoms with Gasteiger partial charge in [-0.2, -0.15) is 0 Å². The van der Waals surface area contributed by atoms with Gasteiger partial charge in [0.1, 0.15) is 0 Å². The average molecular weight is 245 g/mol. The SMILES string of the molecule is CONS(=O)(=O)c1cccc(C(=O)OC)c1. The molecule has 0 radical (unpaired) electrons. The number of esters is 1. The molecule has 7 heteroatoms. The zero-order chi connectivity index (χ0) is 12.2. The third kappa shape index (κ3) is 2.78. The second-order valence-electron chi connectivity index (χ2n) is 2.81. The van der Waals surface area contributed by atoms with Gasteiger partial charge in [0, 0.05) is 0 Å². The summed E-state index contributed by atoms with van der Waals surface area (Å²) >= 11 is 0. The Bertz CT molecular complexity index is 482. The number of hydrogen-bond acceptors (Lipinski definition) is 5. The Kier molecular flexibility index (Phi) is 3.99. The number of carbonyl (C=O) groups excluding carboxylic acids is 1. The minimum atomic E-state index is -3.75. The van der Waals surface area contributed by atoms with Crippen molar-refractivity contribution in [2.45, 2.75) is 4.90 Å². The van der Waals surface area contributed by atoms with E-state index in [0.717, 1.165) is 0 Å². The molecule has 1 aromatic carbocycles. The Labute approximate surface area is 93.2 Å². The smallest absolute Gasteiger partial charge is 0.337 e. The van der Waals surface area contributed by atoms with E-state index in [4.69, 9.17) is 0 Å². The first-order chi connectivity index (χ1) is 7.51. The fourth-order valence-corrected chi connectivity index (χ4v) is 1.92. The van der Waals surface area contributed by atoms with Gasteiger partial charge in [-0.15, -0.1) is 0 Å². The van der Waals surface area contributed by atoms with E-state index in [2.05, 4.69) is 9.57 Å². The van der Waals surface area contributed by atoms with Crippen molar-refractivity contribution in [2.24, 2.45) is 0 Å². The predicted molar refractivity (Wildman–Crippen MR) is 55.1 cm³/mol. The van der Waals surface area contributed by atoms with Gasteiger partial charge in [0.2, 0.25) is 0 Å². The van der Waals surface area contributed by atoms with Crippen LogP contribution in [0, 0.1) is 0 Å². The maximum atomic E-state index is 11.5. The minimum absolute atomic E-state index is 0.0720. The van der Waals surface area contributed by atoms with E-state index in [1.165, 1.54) is 38.5 Å². The lowest BCUT2D eigenvalue weighted by Gasteiger charge is -2.05. The molecule has 88 valence electrons. The highest BCUT2D eigenvalue weighted by molar-refractivity contribution is 7.89. The Hall–Kier alpha value is -1.44. The highest BCUT2D eigenvalue weighted by Gasteiger charge is 2.15. The summed E-state index contributed by atoms with van der Waals surface area (Å²) in [6.45, 7) is 0. The molecule has 0 atom stereocenters. The highest BCUT2D eigenvalue weighted by Crippen LogP contribution is 2.11. The lowest BCUT2D eigenvalue weighted by molar-refractivity contribution is 0.0600. The van der Waals surface area contributed by atoms with E-state index >= 15 is 0 Å². The van der Waals surface area contributed by atoms with Crippen LogP contribution in [-0.2, 0) is 19.6 Å². The second-order valence-corrected chi connectivity index (χ2v) is 4.46. The third-order valence-corrected chi connectivity index (χ3v) is 3.02. The van der Waals surface area contributed by atoms with Crippen LogP contribution in [0.15, 0.2) is 29.2 Å². The van der Waals surface area contributed by atoms with Crippen molar-refractivity contribution >= 4 is 16.0 Å². The molecule has 0 bridgehead atoms. The van der Waals surface area contributed by atoms with Crippen LogP contribution < -0.4 is 4.89 Å². The molecular weight excluding hydrogens is 234 g/mol. The van der Waals surface area contributed by atoms with Gasteiger partial charge >= 0.3 is 5.97 Å². The fourth-order valence-electron chi connectivity index (χ4n) is 1.07. The van der Waals surface area contributed by atoms with Crippen LogP contribution in [0.3, 0.4) is 0 Å². The molecule has 0 aliphatic rings. The molecule has 0 saturated heterocycles. The van der Waals surface area contributed by atoms with Crippen LogP contribution in [-0.4, -0.2) is 28.6 Å². The van der Waals surface area contributed by atoms with E-state index in [1.54, 1.807) is 0 Å². The molecule has 0 saturated carbocycles. The van der Waals surface area contributed by atoms with Crippen molar-refractivity contribution in [1.29, 1.82) is 0 Å². The van der Waals surface area contributed by atoms with Crippen LogP contribution in [0.25, 0.3) is 0 Å². The van der Waals surface area contributed by atoms with Crippen LogP contribution in [0.2, 0.25) is 0 Å². The maximum Gasteiger partial charge on any atom is 0.337 e. The van der Waals surface area contributed by atoms with Crippen molar-refractivity contribution in [3.05, 3.63) is 29.8 Å². The van der Waals surface area contributed by atoms with Crippen molar-refractivity contribution in [3.63, 3.8) is 0 Å². The number of carbonyl (C=O) groups is 1. The molecule has 0 aliphatic carbocycles. The summed E-state index contributed by atoms with van der Waals surface area (Å²) in [6.07, 6.45) is 0. The summed E-state index contributed by atoms with van der Waals surface area (Å²) in [4.78, 5) is 17.3. The van der Waals surface area contributed by atoms with Crippen molar-refractivity contribution in [1.82, 2.24) is 4.89 Å². The van der Waals surface area contributed by atoms with Gasteiger partial charge in [0.15, 0.2) is 0 Å². The topological polar surface area (TPSA) is 81.7 Å². The lowest BCUT2D eigenvalue weighted by Crippen LogP contribution is -2.22. The van der Waals surface area contributed by atoms with Gasteiger partial charge in [-0.1, -0.05) is 11.0 Å². The molecule has 1 rings (SSSR count). The average Bonchev–Trinajstić information content (AvgIpc) is 2.28. The minimum Gasteiger partial charge on any atom is -0.465 e. The number of nitrogens with one attached hydrogen (secondary N) is 1. The van der Waals surface area contributed by atoms with E-state index in [1.807, 2.05) is 4.89 Å². The fraction of sp³-hybridized carbons (Fsp3) is 0.222. The largest absolute Gasteiger partial charge is 0.465 e. The molecular formula is C9H11NO5S. The monoisotopic (exact) mass is 245 g/mol. The molecule has 16 heavy (non-hydrogen) atoms. The van der Waals surface area contributed by atoms with E-state index < -0.39 is 16.0 Å². The summed E-state index contributed by atoms with van der Waals surface area (Å²) in [5.74, 6) is -0.602. The van der Waals surface area contributed by atoms with E-state index in [0.29, 0.717) is 0 Å². The molecule has 0 amide bonds. The van der Waals surface area contributed by atoms with Crippen molar-refractivity contribution in [2.75, 3.05) is 14.2 Å². The number of methoxy groups -OCH3 is 1. The molecule has 0 spiro atoms. The molecule has 1 N–H and O–H groups in total. The van der Waals surface area contributed by atoms with Crippen LogP contribution in [0.5, 0.6) is 0 Å². The molecule has 0 aromatic heterocycles. The van der Waals surface area contributed by atoms with Gasteiger partial charge in [-0.3, -0.25) is 4.84 Å². The summed E-state index contributed by atoms with van der Waals surface area (Å²) in [7, 11) is -1.35. The van der Waals surface area contributed by atoms with E-state index in [-0.39, 0.29) is 10.5 Å². The molecule has 0 unspecified atom stereocenters. The first kappa shape index (κ1) is 12.6. The second kappa shape index (κ2) is 5.06. The molecule has 0 fully saturated rings. The first-order valence-electron chi connectivity index (χ1n) is 4.24. The van der Waals surface area contributed by atoms with Crippen LogP contribution in [0.1, 0.15) is 10.4 Å². The number of sulfonamides is 1. The van der Waals surface area contributed by atoms with Crippen molar-refractivity contribution < 1.29 is 22.8 Å². The molecule has 0 aliphatic heterocycles. The Morgan fingerprint density at radius 2 is 2.00 bits per heavy atom. The number of ether oxygens (including phenoxy) is 1. The summed E-state index contributed by atoms with van der Waals surface area (Å²) in [5, 5.41) is 0.